The van der Waals surface area contributed by atoms with Crippen molar-refractivity contribution in [1.29, 1.82) is 0 Å². The third-order valence-electron chi connectivity index (χ3n) is 6.72. The summed E-state index contributed by atoms with van der Waals surface area (Å²) in [6, 6.07) is 0.230. The van der Waals surface area contributed by atoms with Crippen molar-refractivity contribution in [2.24, 2.45) is 11.5 Å². The van der Waals surface area contributed by atoms with Crippen LogP contribution in [0.15, 0.2) is 30.3 Å². The van der Waals surface area contributed by atoms with Crippen LogP contribution in [0.25, 0.3) is 0 Å². The summed E-state index contributed by atoms with van der Waals surface area (Å²) in [5.74, 6) is -8.81. The molecule has 0 unspecified atom stereocenters. The van der Waals surface area contributed by atoms with E-state index in [-0.39, 0.29) is 12.8 Å². The Kier molecular flexibility index (Phi) is 17.1. The van der Waals surface area contributed by atoms with Gasteiger partial charge >= 0.3 is 17.9 Å². The number of carbonyl (C=O) groups excluding carboxylic acids is 5. The van der Waals surface area contributed by atoms with E-state index >= 15 is 0 Å². The van der Waals surface area contributed by atoms with Gasteiger partial charge in [0.05, 0.1) is 18.9 Å². The van der Waals surface area contributed by atoms with Crippen molar-refractivity contribution in [3.63, 3.8) is 0 Å². The number of hydrogen-bond donors (Lipinski definition) is 10. The summed E-state index contributed by atoms with van der Waals surface area (Å²) in [7, 11) is 0. The highest BCUT2D eigenvalue weighted by atomic mass is 16.4. The first kappa shape index (κ1) is 39.9. The molecule has 260 valence electrons. The van der Waals surface area contributed by atoms with Crippen LogP contribution in [0.1, 0.15) is 51.5 Å². The molecule has 0 aliphatic carbocycles. The van der Waals surface area contributed by atoms with Crippen LogP contribution in [0.3, 0.4) is 0 Å². The van der Waals surface area contributed by atoms with Gasteiger partial charge in [0.15, 0.2) is 0 Å². The van der Waals surface area contributed by atoms with Crippen LogP contribution in [0.5, 0.6) is 0 Å². The fourth-order valence-electron chi connectivity index (χ4n) is 4.11. The van der Waals surface area contributed by atoms with Gasteiger partial charge in [0.2, 0.25) is 29.5 Å². The highest BCUT2D eigenvalue weighted by Crippen LogP contribution is 2.07. The van der Waals surface area contributed by atoms with E-state index in [4.69, 9.17) is 21.7 Å². The smallest absolute Gasteiger partial charge is 0.326 e. The van der Waals surface area contributed by atoms with Crippen molar-refractivity contribution >= 4 is 47.4 Å². The minimum Gasteiger partial charge on any atom is -0.481 e. The second-order valence-electron chi connectivity index (χ2n) is 10.8. The lowest BCUT2D eigenvalue weighted by atomic mass is 10.0. The van der Waals surface area contributed by atoms with Gasteiger partial charge in [0.25, 0.3) is 0 Å². The molecule has 1 aromatic carbocycles. The van der Waals surface area contributed by atoms with Gasteiger partial charge in [-0.25, -0.2) is 4.79 Å². The predicted octanol–water partition coefficient (Wildman–Crippen LogP) is -2.82. The molecule has 0 fully saturated rings. The molecule has 12 N–H and O–H groups in total. The Bertz CT molecular complexity index is 1280. The summed E-state index contributed by atoms with van der Waals surface area (Å²) in [6.45, 7) is 2.86. The molecule has 47 heavy (non-hydrogen) atoms. The van der Waals surface area contributed by atoms with Gasteiger partial charge in [-0.1, -0.05) is 30.3 Å². The predicted molar refractivity (Wildman–Crippen MR) is 164 cm³/mol. The van der Waals surface area contributed by atoms with E-state index in [2.05, 4.69) is 21.3 Å². The number of unbranched alkanes of at least 4 members (excludes halogenated alkanes) is 1. The summed E-state index contributed by atoms with van der Waals surface area (Å²) < 4.78 is 0. The third kappa shape index (κ3) is 15.2. The van der Waals surface area contributed by atoms with E-state index in [0.29, 0.717) is 24.9 Å². The van der Waals surface area contributed by atoms with E-state index in [9.17, 15) is 43.5 Å². The molecule has 0 aromatic heterocycles. The van der Waals surface area contributed by atoms with Gasteiger partial charge in [-0.15, -0.1) is 0 Å². The molecule has 1 aromatic rings. The zero-order valence-electron chi connectivity index (χ0n) is 26.1. The van der Waals surface area contributed by atoms with Crippen molar-refractivity contribution in [3.8, 4) is 0 Å². The van der Waals surface area contributed by atoms with E-state index in [1.165, 1.54) is 13.8 Å². The van der Waals surface area contributed by atoms with Crippen LogP contribution in [0, 0.1) is 0 Å². The monoisotopic (exact) mass is 665 g/mol. The molecule has 0 bridgehead atoms. The number of nitrogens with two attached hydrogens (primary N) is 2. The number of amides is 5. The van der Waals surface area contributed by atoms with Crippen molar-refractivity contribution in [2.45, 2.75) is 88.6 Å². The second kappa shape index (κ2) is 20.1. The number of carboxylic acids is 3. The minimum absolute atomic E-state index is 0.00646. The van der Waals surface area contributed by atoms with Crippen molar-refractivity contribution in [1.82, 2.24) is 26.6 Å². The van der Waals surface area contributed by atoms with E-state index in [0.717, 1.165) is 0 Å². The molecule has 0 aliphatic rings. The van der Waals surface area contributed by atoms with Gasteiger partial charge < -0.3 is 53.4 Å². The fourth-order valence-corrected chi connectivity index (χ4v) is 4.11. The Morgan fingerprint density at radius 1 is 0.638 bits per heavy atom. The second-order valence-corrected chi connectivity index (χ2v) is 10.8. The zero-order valence-corrected chi connectivity index (χ0v) is 26.1. The quantitative estimate of drug-likeness (QED) is 0.0594. The lowest BCUT2D eigenvalue weighted by molar-refractivity contribution is -0.143. The standard InChI is InChI=1S/C29H43N7O11/c1-15(33-27(44)21(14-23(39)40)36-26(43)18(31)13-22(37)38)24(41)32-16(2)25(42)35-20(12-17-8-4-3-5-9-17)28(45)34-19(29(46)47)10-6-7-11-30/h3-5,8-9,15-16,18-21H,6-7,10-14,30-31H2,1-2H3,(H,32,41)(H,33,44)(H,34,45)(H,35,42)(H,36,43)(H,37,38)(H,39,40)(H,46,47)/t15-,16-,18-,19-,20-,21-/m0/s1. The molecular formula is C29H43N7O11. The number of hydrogen-bond acceptors (Lipinski definition) is 10. The number of carbonyl (C=O) groups is 8. The molecule has 0 aliphatic heterocycles. The lowest BCUT2D eigenvalue weighted by Crippen LogP contribution is -2.58. The van der Waals surface area contributed by atoms with Crippen LogP contribution in [-0.4, -0.2) is 106 Å². The Morgan fingerprint density at radius 3 is 1.66 bits per heavy atom. The number of rotatable bonds is 21. The van der Waals surface area contributed by atoms with Crippen LogP contribution in [0.2, 0.25) is 0 Å². The van der Waals surface area contributed by atoms with Gasteiger partial charge in [-0.2, -0.15) is 0 Å². The summed E-state index contributed by atoms with van der Waals surface area (Å²) in [4.78, 5) is 97.7. The summed E-state index contributed by atoms with van der Waals surface area (Å²) in [5.41, 5.74) is 11.6. The SMILES string of the molecule is C[C@H](NC(=O)[C@H](C)NC(=O)[C@H](CC(=O)O)NC(=O)[C@@H](N)CC(=O)O)C(=O)N[C@@H](Cc1ccccc1)C(=O)N[C@@H](CCCCN)C(=O)O. The normalized spacial score (nSPS) is 14.6. The molecule has 0 spiro atoms. The molecule has 0 heterocycles. The molecule has 1 rings (SSSR count). The average Bonchev–Trinajstić information content (AvgIpc) is 2.99. The maximum absolute atomic E-state index is 13.2. The van der Waals surface area contributed by atoms with E-state index < -0.39 is 96.5 Å². The maximum atomic E-state index is 13.2. The van der Waals surface area contributed by atoms with Gasteiger partial charge in [0, 0.05) is 6.42 Å². The molecule has 0 radical (unpaired) electrons. The first-order valence-electron chi connectivity index (χ1n) is 14.7. The Hall–Kier alpha value is -5.10. The van der Waals surface area contributed by atoms with Gasteiger partial charge in [-0.05, 0) is 45.2 Å². The van der Waals surface area contributed by atoms with Crippen molar-refractivity contribution in [3.05, 3.63) is 35.9 Å². The first-order valence-corrected chi connectivity index (χ1v) is 14.7. The molecule has 18 nitrogen and oxygen atoms in total. The van der Waals surface area contributed by atoms with Crippen LogP contribution in [0.4, 0.5) is 0 Å². The number of benzene rings is 1. The lowest BCUT2D eigenvalue weighted by Gasteiger charge is -2.24. The Morgan fingerprint density at radius 2 is 1.13 bits per heavy atom. The van der Waals surface area contributed by atoms with E-state index in [1.54, 1.807) is 30.3 Å². The molecule has 0 saturated carbocycles. The van der Waals surface area contributed by atoms with Gasteiger partial charge in [0.1, 0.15) is 30.2 Å². The van der Waals surface area contributed by atoms with Crippen molar-refractivity contribution in [2.75, 3.05) is 6.54 Å². The highest BCUT2D eigenvalue weighted by molar-refractivity contribution is 5.97. The van der Waals surface area contributed by atoms with Crippen LogP contribution < -0.4 is 38.1 Å². The zero-order chi connectivity index (χ0) is 35.7. The number of aliphatic carboxylic acids is 3. The van der Waals surface area contributed by atoms with E-state index in [1.807, 2.05) is 5.32 Å². The van der Waals surface area contributed by atoms with Crippen LogP contribution in [-0.2, 0) is 44.8 Å². The molecule has 18 heteroatoms. The molecule has 6 atom stereocenters. The molecular weight excluding hydrogens is 622 g/mol. The summed E-state index contributed by atoms with van der Waals surface area (Å²) in [5, 5.41) is 39.1. The Labute approximate surface area is 270 Å². The van der Waals surface area contributed by atoms with Crippen LogP contribution >= 0.6 is 0 Å². The average molecular weight is 666 g/mol. The summed E-state index contributed by atoms with van der Waals surface area (Å²) in [6.07, 6.45) is -0.585. The highest BCUT2D eigenvalue weighted by Gasteiger charge is 2.31. The minimum atomic E-state index is -1.71. The Balaban J connectivity index is 2.94. The summed E-state index contributed by atoms with van der Waals surface area (Å²) >= 11 is 0. The van der Waals surface area contributed by atoms with Gasteiger partial charge in [-0.3, -0.25) is 33.6 Å². The maximum Gasteiger partial charge on any atom is 0.326 e. The number of carboxylic acid groups (broad SMARTS) is 3. The molecule has 5 amide bonds. The first-order chi connectivity index (χ1) is 22.0. The number of nitrogens with one attached hydrogen (secondary N) is 5. The topological polar surface area (TPSA) is 309 Å². The largest absolute Gasteiger partial charge is 0.481 e. The third-order valence-corrected chi connectivity index (χ3v) is 6.72. The fraction of sp³-hybridized carbons (Fsp3) is 0.517. The van der Waals surface area contributed by atoms with Crippen molar-refractivity contribution < 1.29 is 53.7 Å². The molecule has 0 saturated heterocycles.